The van der Waals surface area contributed by atoms with Gasteiger partial charge in [-0.2, -0.15) is 0 Å². The van der Waals surface area contributed by atoms with Crippen molar-refractivity contribution in [1.82, 2.24) is 20.4 Å². The molecule has 0 aromatic heterocycles. The predicted molar refractivity (Wildman–Crippen MR) is 98.4 cm³/mol. The highest BCUT2D eigenvalue weighted by Gasteiger charge is 2.17. The summed E-state index contributed by atoms with van der Waals surface area (Å²) >= 11 is 0. The van der Waals surface area contributed by atoms with Gasteiger partial charge >= 0.3 is 0 Å². The molecule has 0 aromatic carbocycles. The van der Waals surface area contributed by atoms with Crippen molar-refractivity contribution in [2.24, 2.45) is 4.99 Å². The Morgan fingerprint density at radius 1 is 1.14 bits per heavy atom. The van der Waals surface area contributed by atoms with Crippen molar-refractivity contribution >= 4 is 35.8 Å². The van der Waals surface area contributed by atoms with Crippen LogP contribution in [0.5, 0.6) is 0 Å². The third kappa shape index (κ3) is 8.45. The van der Waals surface area contributed by atoms with Crippen LogP contribution in [0.25, 0.3) is 0 Å². The van der Waals surface area contributed by atoms with Gasteiger partial charge in [0.15, 0.2) is 5.96 Å². The summed E-state index contributed by atoms with van der Waals surface area (Å²) < 4.78 is 0. The maximum Gasteiger partial charge on any atom is 0.219 e. The number of carbonyl (C=O) groups is 1. The molecule has 1 amide bonds. The van der Waals surface area contributed by atoms with Crippen molar-refractivity contribution in [3.8, 4) is 0 Å². The first kappa shape index (κ1) is 20.4. The van der Waals surface area contributed by atoms with Crippen LogP contribution in [0.2, 0.25) is 0 Å². The Kier molecular flexibility index (Phi) is 11.7. The molecule has 0 unspecified atom stereocenters. The van der Waals surface area contributed by atoms with E-state index in [2.05, 4.69) is 34.4 Å². The number of hydrogen-bond donors (Lipinski definition) is 2. The summed E-state index contributed by atoms with van der Waals surface area (Å²) in [5.41, 5.74) is 0. The summed E-state index contributed by atoms with van der Waals surface area (Å²) in [6, 6.07) is 0. The molecule has 0 radical (unpaired) electrons. The minimum atomic E-state index is 0. The van der Waals surface area contributed by atoms with Crippen molar-refractivity contribution in [3.63, 3.8) is 0 Å². The van der Waals surface area contributed by atoms with E-state index in [9.17, 15) is 4.79 Å². The Bertz CT molecular complexity index is 316. The molecule has 0 bridgehead atoms. The van der Waals surface area contributed by atoms with Gasteiger partial charge in [0.05, 0.1) is 0 Å². The highest BCUT2D eigenvalue weighted by Crippen LogP contribution is 2.00. The van der Waals surface area contributed by atoms with Gasteiger partial charge in [-0.3, -0.25) is 14.7 Å². The van der Waals surface area contributed by atoms with Gasteiger partial charge in [0.1, 0.15) is 0 Å². The molecule has 1 fully saturated rings. The fourth-order valence-corrected chi connectivity index (χ4v) is 2.18. The average Bonchev–Trinajstić information content (AvgIpc) is 2.45. The summed E-state index contributed by atoms with van der Waals surface area (Å²) in [4.78, 5) is 20.0. The first-order chi connectivity index (χ1) is 9.67. The molecule has 1 aliphatic rings. The van der Waals surface area contributed by atoms with Crippen molar-refractivity contribution in [2.45, 2.75) is 27.2 Å². The molecule has 0 aromatic rings. The smallest absolute Gasteiger partial charge is 0.219 e. The first-order valence-electron chi connectivity index (χ1n) is 7.67. The zero-order chi connectivity index (χ0) is 14.8. The number of nitrogens with zero attached hydrogens (tertiary/aromatic N) is 3. The van der Waals surface area contributed by atoms with Gasteiger partial charge < -0.3 is 15.5 Å². The van der Waals surface area contributed by atoms with Gasteiger partial charge in [-0.15, -0.1) is 24.0 Å². The molecule has 1 saturated heterocycles. The Balaban J connectivity index is 0.00000400. The van der Waals surface area contributed by atoms with Gasteiger partial charge in [-0.1, -0.05) is 6.92 Å². The number of amides is 1. The van der Waals surface area contributed by atoms with E-state index in [1.165, 1.54) is 0 Å². The van der Waals surface area contributed by atoms with Crippen LogP contribution in [0.1, 0.15) is 27.2 Å². The van der Waals surface area contributed by atoms with Crippen LogP contribution in [0.4, 0.5) is 0 Å². The topological polar surface area (TPSA) is 60.0 Å². The van der Waals surface area contributed by atoms with Gasteiger partial charge in [-0.25, -0.2) is 0 Å². The van der Waals surface area contributed by atoms with Crippen LogP contribution in [0.3, 0.4) is 0 Å². The largest absolute Gasteiger partial charge is 0.357 e. The van der Waals surface area contributed by atoms with E-state index in [1.807, 2.05) is 4.90 Å². The second-order valence-electron chi connectivity index (χ2n) is 5.04. The molecule has 0 atom stereocenters. The fourth-order valence-electron chi connectivity index (χ4n) is 2.18. The Morgan fingerprint density at radius 2 is 1.81 bits per heavy atom. The lowest BCUT2D eigenvalue weighted by atomic mass is 10.3. The van der Waals surface area contributed by atoms with Gasteiger partial charge in [0, 0.05) is 59.3 Å². The molecule has 2 N–H and O–H groups in total. The average molecular weight is 411 g/mol. The number of guanidine groups is 1. The summed E-state index contributed by atoms with van der Waals surface area (Å²) in [6.45, 7) is 13.1. The summed E-state index contributed by atoms with van der Waals surface area (Å²) in [7, 11) is 0. The van der Waals surface area contributed by atoms with Crippen LogP contribution in [0, 0.1) is 0 Å². The van der Waals surface area contributed by atoms with E-state index in [0.717, 1.165) is 64.7 Å². The Hall–Kier alpha value is -0.570. The third-order valence-corrected chi connectivity index (χ3v) is 3.38. The highest BCUT2D eigenvalue weighted by molar-refractivity contribution is 14.0. The van der Waals surface area contributed by atoms with E-state index < -0.39 is 0 Å². The quantitative estimate of drug-likeness (QED) is 0.385. The molecule has 1 rings (SSSR count). The number of piperazine rings is 1. The molecule has 124 valence electrons. The van der Waals surface area contributed by atoms with Crippen molar-refractivity contribution in [1.29, 1.82) is 0 Å². The highest BCUT2D eigenvalue weighted by atomic mass is 127. The predicted octanol–water partition coefficient (Wildman–Crippen LogP) is 0.734. The lowest BCUT2D eigenvalue weighted by Gasteiger charge is -2.34. The minimum absolute atomic E-state index is 0. The second-order valence-corrected chi connectivity index (χ2v) is 5.04. The van der Waals surface area contributed by atoms with Crippen LogP contribution >= 0.6 is 24.0 Å². The number of aliphatic imine (C=N–C) groups is 1. The lowest BCUT2D eigenvalue weighted by molar-refractivity contribution is -0.130. The van der Waals surface area contributed by atoms with Crippen LogP contribution in [-0.2, 0) is 4.79 Å². The minimum Gasteiger partial charge on any atom is -0.357 e. The molecule has 6 nitrogen and oxygen atoms in total. The SMILES string of the molecule is CCCN=C(NCC)NCCN1CCN(C(C)=O)CC1.I. The van der Waals surface area contributed by atoms with Crippen molar-refractivity contribution in [2.75, 3.05) is 52.4 Å². The molecule has 7 heteroatoms. The molecule has 1 heterocycles. The molecule has 0 saturated carbocycles. The van der Waals surface area contributed by atoms with E-state index in [4.69, 9.17) is 0 Å². The molecular formula is C14H30IN5O. The summed E-state index contributed by atoms with van der Waals surface area (Å²) in [5, 5.41) is 6.60. The number of nitrogens with one attached hydrogen (secondary N) is 2. The Labute approximate surface area is 145 Å². The van der Waals surface area contributed by atoms with E-state index in [0.29, 0.717) is 0 Å². The normalized spacial score (nSPS) is 16.3. The number of carbonyl (C=O) groups excluding carboxylic acids is 1. The molecule has 0 spiro atoms. The standard InChI is InChI=1S/C14H29N5O.HI/c1-4-6-16-14(15-5-2)17-7-8-18-9-11-19(12-10-18)13(3)20;/h4-12H2,1-3H3,(H2,15,16,17);1H. The fraction of sp³-hybridized carbons (Fsp3) is 0.857. The van der Waals surface area contributed by atoms with E-state index in [-0.39, 0.29) is 29.9 Å². The maximum atomic E-state index is 11.3. The van der Waals surface area contributed by atoms with Gasteiger partial charge in [0.2, 0.25) is 5.91 Å². The van der Waals surface area contributed by atoms with E-state index >= 15 is 0 Å². The van der Waals surface area contributed by atoms with Gasteiger partial charge in [-0.05, 0) is 13.3 Å². The lowest BCUT2D eigenvalue weighted by Crippen LogP contribution is -2.50. The van der Waals surface area contributed by atoms with Gasteiger partial charge in [0.25, 0.3) is 0 Å². The molecule has 21 heavy (non-hydrogen) atoms. The summed E-state index contributed by atoms with van der Waals surface area (Å²) in [6.07, 6.45) is 1.06. The maximum absolute atomic E-state index is 11.3. The molecule has 1 aliphatic heterocycles. The van der Waals surface area contributed by atoms with Crippen LogP contribution in [-0.4, -0.2) is 74.0 Å². The van der Waals surface area contributed by atoms with Crippen molar-refractivity contribution < 1.29 is 4.79 Å². The number of hydrogen-bond acceptors (Lipinski definition) is 3. The van der Waals surface area contributed by atoms with Crippen molar-refractivity contribution in [3.05, 3.63) is 0 Å². The molecule has 0 aliphatic carbocycles. The number of rotatable bonds is 6. The van der Waals surface area contributed by atoms with Crippen LogP contribution in [0.15, 0.2) is 4.99 Å². The first-order valence-corrected chi connectivity index (χ1v) is 7.67. The molecular weight excluding hydrogens is 381 g/mol. The monoisotopic (exact) mass is 411 g/mol. The number of halogens is 1. The second kappa shape index (κ2) is 12.0. The summed E-state index contributed by atoms with van der Waals surface area (Å²) in [5.74, 6) is 1.08. The van der Waals surface area contributed by atoms with Crippen LogP contribution < -0.4 is 10.6 Å². The Morgan fingerprint density at radius 3 is 2.33 bits per heavy atom. The third-order valence-electron chi connectivity index (χ3n) is 3.38. The van der Waals surface area contributed by atoms with E-state index in [1.54, 1.807) is 6.92 Å². The zero-order valence-corrected chi connectivity index (χ0v) is 15.9. The zero-order valence-electron chi connectivity index (χ0n) is 13.5.